The van der Waals surface area contributed by atoms with Crippen molar-refractivity contribution in [2.24, 2.45) is 0 Å². The molecule has 31 heavy (non-hydrogen) atoms. The lowest BCUT2D eigenvalue weighted by atomic mass is 10.0. The van der Waals surface area contributed by atoms with E-state index in [9.17, 15) is 22.8 Å². The minimum Gasteiger partial charge on any atom is -0.322 e. The van der Waals surface area contributed by atoms with E-state index in [1.807, 2.05) is 12.1 Å². The summed E-state index contributed by atoms with van der Waals surface area (Å²) in [6.45, 7) is 0.0970. The van der Waals surface area contributed by atoms with Crippen LogP contribution in [0.15, 0.2) is 47.4 Å². The van der Waals surface area contributed by atoms with E-state index in [-0.39, 0.29) is 36.1 Å². The van der Waals surface area contributed by atoms with E-state index in [0.717, 1.165) is 18.4 Å². The average molecular weight is 439 g/mol. The molecule has 0 spiro atoms. The second kappa shape index (κ2) is 7.19. The molecule has 160 valence electrons. The molecule has 0 bridgehead atoms. The fourth-order valence-electron chi connectivity index (χ4n) is 4.22. The highest BCUT2D eigenvalue weighted by atomic mass is 32.2. The van der Waals surface area contributed by atoms with Gasteiger partial charge in [-0.3, -0.25) is 24.4 Å². The predicted octanol–water partition coefficient (Wildman–Crippen LogP) is 2.13. The second-order valence-electron chi connectivity index (χ2n) is 8.18. The fraction of sp³-hybridized carbons (Fsp3) is 0.318. The quantitative estimate of drug-likeness (QED) is 0.693. The summed E-state index contributed by atoms with van der Waals surface area (Å²) in [6.07, 6.45) is 2.68. The molecule has 9 heteroatoms. The van der Waals surface area contributed by atoms with Crippen LogP contribution < -0.4 is 10.0 Å². The van der Waals surface area contributed by atoms with Crippen molar-refractivity contribution >= 4 is 33.4 Å². The van der Waals surface area contributed by atoms with Crippen LogP contribution in [0.2, 0.25) is 0 Å². The largest absolute Gasteiger partial charge is 0.322 e. The summed E-state index contributed by atoms with van der Waals surface area (Å²) in [5, 5.41) is 2.26. The summed E-state index contributed by atoms with van der Waals surface area (Å²) in [5.74, 6) is -0.674. The monoisotopic (exact) mass is 439 g/mol. The van der Waals surface area contributed by atoms with Crippen molar-refractivity contribution in [3.63, 3.8) is 0 Å². The predicted molar refractivity (Wildman–Crippen MR) is 112 cm³/mol. The number of amides is 3. The van der Waals surface area contributed by atoms with E-state index in [4.69, 9.17) is 0 Å². The van der Waals surface area contributed by atoms with E-state index in [0.29, 0.717) is 22.7 Å². The number of hydrogen-bond donors (Lipinski definition) is 2. The number of piperidine rings is 1. The second-order valence-corrected chi connectivity index (χ2v) is 9.86. The first kappa shape index (κ1) is 19.7. The van der Waals surface area contributed by atoms with E-state index >= 15 is 0 Å². The molecule has 2 aromatic carbocycles. The maximum Gasteiger partial charge on any atom is 0.261 e. The lowest BCUT2D eigenvalue weighted by Gasteiger charge is -2.29. The maximum absolute atomic E-state index is 12.9. The van der Waals surface area contributed by atoms with Gasteiger partial charge in [0.1, 0.15) is 6.04 Å². The summed E-state index contributed by atoms with van der Waals surface area (Å²) in [7, 11) is -3.84. The van der Waals surface area contributed by atoms with E-state index in [2.05, 4.69) is 10.0 Å². The van der Waals surface area contributed by atoms with Crippen molar-refractivity contribution in [3.8, 4) is 0 Å². The van der Waals surface area contributed by atoms with Crippen molar-refractivity contribution in [2.75, 3.05) is 4.72 Å². The maximum atomic E-state index is 12.9. The molecule has 8 nitrogen and oxygen atoms in total. The van der Waals surface area contributed by atoms with Gasteiger partial charge in [0.15, 0.2) is 0 Å². The molecular weight excluding hydrogens is 418 g/mol. The fourth-order valence-corrected chi connectivity index (χ4v) is 5.31. The topological polar surface area (TPSA) is 113 Å². The van der Waals surface area contributed by atoms with Gasteiger partial charge in [-0.2, -0.15) is 0 Å². The lowest BCUT2D eigenvalue weighted by Crippen LogP contribution is -2.52. The van der Waals surface area contributed by atoms with Crippen molar-refractivity contribution in [2.45, 2.75) is 49.1 Å². The van der Waals surface area contributed by atoms with Gasteiger partial charge in [-0.1, -0.05) is 18.2 Å². The van der Waals surface area contributed by atoms with Gasteiger partial charge in [0.2, 0.25) is 11.8 Å². The normalized spacial score (nSPS) is 21.1. The summed E-state index contributed by atoms with van der Waals surface area (Å²) >= 11 is 0. The summed E-state index contributed by atoms with van der Waals surface area (Å²) < 4.78 is 28.5. The highest BCUT2D eigenvalue weighted by Crippen LogP contribution is 2.40. The van der Waals surface area contributed by atoms with Crippen LogP contribution in [0, 0.1) is 0 Å². The Labute approximate surface area is 179 Å². The summed E-state index contributed by atoms with van der Waals surface area (Å²) in [6, 6.07) is 11.0. The van der Waals surface area contributed by atoms with Crippen LogP contribution in [-0.4, -0.2) is 37.1 Å². The highest BCUT2D eigenvalue weighted by molar-refractivity contribution is 7.92. The molecule has 1 atom stereocenters. The number of carbonyl (C=O) groups excluding carboxylic acids is 3. The third kappa shape index (κ3) is 3.59. The molecule has 5 rings (SSSR count). The van der Waals surface area contributed by atoms with Crippen molar-refractivity contribution in [1.82, 2.24) is 10.2 Å². The number of hydrogen-bond acceptors (Lipinski definition) is 5. The first-order valence-electron chi connectivity index (χ1n) is 10.2. The summed E-state index contributed by atoms with van der Waals surface area (Å²) in [5.41, 5.74) is 2.33. The van der Waals surface area contributed by atoms with Crippen molar-refractivity contribution in [1.29, 1.82) is 0 Å². The molecule has 2 heterocycles. The molecule has 2 fully saturated rings. The van der Waals surface area contributed by atoms with Gasteiger partial charge in [-0.25, -0.2) is 8.42 Å². The van der Waals surface area contributed by atoms with Gasteiger partial charge in [0.25, 0.3) is 15.9 Å². The number of sulfonamides is 1. The lowest BCUT2D eigenvalue weighted by molar-refractivity contribution is -0.136. The van der Waals surface area contributed by atoms with Crippen LogP contribution in [0.5, 0.6) is 0 Å². The van der Waals surface area contributed by atoms with Crippen LogP contribution in [-0.2, 0) is 26.2 Å². The van der Waals surface area contributed by atoms with Crippen LogP contribution in [0.25, 0.3) is 0 Å². The van der Waals surface area contributed by atoms with Crippen molar-refractivity contribution in [3.05, 3.63) is 59.2 Å². The number of rotatable bonds is 5. The number of anilines is 1. The molecular formula is C22H21N3O5S. The number of imide groups is 1. The number of fused-ring (bicyclic) bond motifs is 1. The minimum absolute atomic E-state index is 0.0970. The van der Waals surface area contributed by atoms with Crippen LogP contribution in [0.4, 0.5) is 5.69 Å². The van der Waals surface area contributed by atoms with E-state index < -0.39 is 22.0 Å². The number of nitrogens with one attached hydrogen (secondary N) is 2. The molecule has 2 N–H and O–H groups in total. The first-order valence-corrected chi connectivity index (χ1v) is 11.7. The molecule has 1 saturated carbocycles. The Morgan fingerprint density at radius 1 is 0.968 bits per heavy atom. The van der Waals surface area contributed by atoms with Gasteiger partial charge in [-0.15, -0.1) is 0 Å². The van der Waals surface area contributed by atoms with Gasteiger partial charge in [0, 0.05) is 24.1 Å². The number of nitrogens with zero attached hydrogens (tertiary/aromatic N) is 1. The SMILES string of the molecule is O=C1CCC(N2Cc3c(NS(=O)(=O)c4ccc(C5CC5)cc4)cccc3C2=O)C(=O)N1. The van der Waals surface area contributed by atoms with Crippen LogP contribution in [0.3, 0.4) is 0 Å². The third-order valence-corrected chi connectivity index (χ3v) is 7.45. The van der Waals surface area contributed by atoms with Crippen LogP contribution in [0.1, 0.15) is 53.1 Å². The Morgan fingerprint density at radius 2 is 1.71 bits per heavy atom. The molecule has 0 aromatic heterocycles. The Balaban J connectivity index is 1.40. The number of carbonyl (C=O) groups is 3. The smallest absolute Gasteiger partial charge is 0.261 e. The Kier molecular flexibility index (Phi) is 4.58. The zero-order valence-electron chi connectivity index (χ0n) is 16.6. The first-order chi connectivity index (χ1) is 14.8. The third-order valence-electron chi connectivity index (χ3n) is 6.07. The van der Waals surface area contributed by atoms with Crippen LogP contribution >= 0.6 is 0 Å². The average Bonchev–Trinajstić information content (AvgIpc) is 3.53. The highest BCUT2D eigenvalue weighted by Gasteiger charge is 2.40. The molecule has 1 aliphatic carbocycles. The Bertz CT molecular complexity index is 1200. The van der Waals surface area contributed by atoms with Gasteiger partial charge >= 0.3 is 0 Å². The molecule has 0 radical (unpaired) electrons. The Hall–Kier alpha value is -3.20. The van der Waals surface area contributed by atoms with Gasteiger partial charge in [-0.05, 0) is 55.0 Å². The molecule has 1 saturated heterocycles. The molecule has 2 aromatic rings. The molecule has 2 aliphatic heterocycles. The zero-order chi connectivity index (χ0) is 21.8. The molecule has 3 amide bonds. The molecule has 1 unspecified atom stereocenters. The van der Waals surface area contributed by atoms with E-state index in [1.54, 1.807) is 30.3 Å². The number of benzene rings is 2. The zero-order valence-corrected chi connectivity index (χ0v) is 17.4. The molecule has 3 aliphatic rings. The van der Waals surface area contributed by atoms with Crippen molar-refractivity contribution < 1.29 is 22.8 Å². The standard InChI is InChI=1S/C22H21N3O5S/c26-20-11-10-19(21(27)23-20)25-12-17-16(22(25)28)2-1-3-18(17)24-31(29,30)15-8-6-14(7-9-15)13-4-5-13/h1-3,6-9,13,19,24H,4-5,10-12H2,(H,23,26,27). The van der Waals surface area contributed by atoms with Gasteiger partial charge < -0.3 is 4.90 Å². The van der Waals surface area contributed by atoms with E-state index in [1.165, 1.54) is 4.90 Å². The Morgan fingerprint density at radius 3 is 2.39 bits per heavy atom. The van der Waals surface area contributed by atoms with Gasteiger partial charge in [0.05, 0.1) is 10.6 Å². The minimum atomic E-state index is -3.84. The summed E-state index contributed by atoms with van der Waals surface area (Å²) in [4.78, 5) is 38.1.